The Morgan fingerprint density at radius 3 is 2.76 bits per heavy atom. The monoisotopic (exact) mass is 286 g/mol. The lowest BCUT2D eigenvalue weighted by molar-refractivity contribution is 0.0698. The summed E-state index contributed by atoms with van der Waals surface area (Å²) in [5.74, 6) is -0.486. The van der Waals surface area contributed by atoms with Crippen molar-refractivity contribution in [3.63, 3.8) is 0 Å². The third-order valence-electron chi connectivity index (χ3n) is 3.39. The number of anilines is 1. The molecule has 0 bridgehead atoms. The molecule has 2 aromatic rings. The smallest absolute Gasteiger partial charge is 0.337 e. The Labute approximate surface area is 120 Å². The molecule has 1 aromatic carbocycles. The van der Waals surface area contributed by atoms with Crippen LogP contribution in [0.4, 0.5) is 5.69 Å². The van der Waals surface area contributed by atoms with Crippen LogP contribution < -0.4 is 5.32 Å². The van der Waals surface area contributed by atoms with E-state index in [-0.39, 0.29) is 16.9 Å². The van der Waals surface area contributed by atoms with Gasteiger partial charge in [-0.3, -0.25) is 4.79 Å². The number of nitrogens with one attached hydrogen (secondary N) is 1. The number of aryl methyl sites for hydroxylation is 1. The average Bonchev–Trinajstić information content (AvgIpc) is 3.18. The van der Waals surface area contributed by atoms with Gasteiger partial charge in [-0.15, -0.1) is 0 Å². The van der Waals surface area contributed by atoms with Crippen LogP contribution in [0.5, 0.6) is 0 Å². The number of carboxylic acids is 1. The molecule has 1 saturated carbocycles. The minimum absolute atomic E-state index is 0.0502. The maximum absolute atomic E-state index is 12.1. The van der Waals surface area contributed by atoms with E-state index >= 15 is 0 Å². The van der Waals surface area contributed by atoms with Crippen LogP contribution in [-0.4, -0.2) is 22.1 Å². The zero-order chi connectivity index (χ0) is 15.0. The minimum Gasteiger partial charge on any atom is -0.478 e. The summed E-state index contributed by atoms with van der Waals surface area (Å²) in [5, 5.41) is 15.5. The van der Waals surface area contributed by atoms with E-state index in [1.165, 1.54) is 6.07 Å². The summed E-state index contributed by atoms with van der Waals surface area (Å²) in [6.07, 6.45) is 2.11. The molecule has 1 aliphatic carbocycles. The van der Waals surface area contributed by atoms with Crippen LogP contribution in [0.15, 0.2) is 28.8 Å². The highest BCUT2D eigenvalue weighted by Crippen LogP contribution is 2.40. The van der Waals surface area contributed by atoms with Crippen LogP contribution in [0.1, 0.15) is 50.9 Å². The molecule has 0 unspecified atom stereocenters. The lowest BCUT2D eigenvalue weighted by Crippen LogP contribution is -2.15. The molecule has 2 N–H and O–H groups in total. The Hall–Kier alpha value is -2.63. The van der Waals surface area contributed by atoms with E-state index < -0.39 is 11.9 Å². The van der Waals surface area contributed by atoms with Gasteiger partial charge < -0.3 is 14.9 Å². The Balaban J connectivity index is 1.81. The van der Waals surface area contributed by atoms with Crippen molar-refractivity contribution in [1.29, 1.82) is 0 Å². The minimum atomic E-state index is -1.09. The standard InChI is InChI=1S/C15H14N2O4/c1-8-2-5-11(10(6-8)15(19)20)16-14(18)12-7-13(21-17-12)9-3-4-9/h2,5-7,9H,3-4H2,1H3,(H,16,18)(H,19,20). The number of hydrogen-bond acceptors (Lipinski definition) is 4. The number of aromatic nitrogens is 1. The largest absolute Gasteiger partial charge is 0.478 e. The van der Waals surface area contributed by atoms with Crippen LogP contribution in [0, 0.1) is 6.92 Å². The molecule has 21 heavy (non-hydrogen) atoms. The van der Waals surface area contributed by atoms with Gasteiger partial charge >= 0.3 is 5.97 Å². The van der Waals surface area contributed by atoms with Crippen molar-refractivity contribution < 1.29 is 19.2 Å². The lowest BCUT2D eigenvalue weighted by Gasteiger charge is -2.07. The van der Waals surface area contributed by atoms with Gasteiger partial charge in [0, 0.05) is 12.0 Å². The number of carbonyl (C=O) groups is 2. The summed E-state index contributed by atoms with van der Waals surface area (Å²) < 4.78 is 5.12. The molecule has 0 radical (unpaired) electrons. The number of hydrogen-bond donors (Lipinski definition) is 2. The van der Waals surface area contributed by atoms with Gasteiger partial charge in [0.25, 0.3) is 5.91 Å². The molecular formula is C15H14N2O4. The van der Waals surface area contributed by atoms with Crippen LogP contribution in [0.2, 0.25) is 0 Å². The summed E-state index contributed by atoms with van der Waals surface area (Å²) in [4.78, 5) is 23.3. The number of aromatic carboxylic acids is 1. The quantitative estimate of drug-likeness (QED) is 0.901. The molecule has 0 aliphatic heterocycles. The predicted octanol–water partition coefficient (Wildman–Crippen LogP) is 2.81. The molecule has 1 fully saturated rings. The van der Waals surface area contributed by atoms with Gasteiger partial charge in [0.05, 0.1) is 11.3 Å². The maximum atomic E-state index is 12.1. The second-order valence-corrected chi connectivity index (χ2v) is 5.20. The van der Waals surface area contributed by atoms with Crippen LogP contribution in [-0.2, 0) is 0 Å². The predicted molar refractivity (Wildman–Crippen MR) is 74.6 cm³/mol. The fourth-order valence-electron chi connectivity index (χ4n) is 2.09. The average molecular weight is 286 g/mol. The first-order valence-corrected chi connectivity index (χ1v) is 6.66. The molecule has 0 atom stereocenters. The van der Waals surface area contributed by atoms with Gasteiger partial charge in [-0.05, 0) is 31.9 Å². The zero-order valence-electron chi connectivity index (χ0n) is 11.4. The SMILES string of the molecule is Cc1ccc(NC(=O)c2cc(C3CC3)on2)c(C(=O)O)c1. The van der Waals surface area contributed by atoms with Crippen molar-refractivity contribution in [3.05, 3.63) is 46.8 Å². The number of carbonyl (C=O) groups excluding carboxylic acids is 1. The number of benzene rings is 1. The van der Waals surface area contributed by atoms with Crippen molar-refractivity contribution in [2.75, 3.05) is 5.32 Å². The second-order valence-electron chi connectivity index (χ2n) is 5.20. The first-order chi connectivity index (χ1) is 10.0. The summed E-state index contributed by atoms with van der Waals surface area (Å²) in [5.41, 5.74) is 1.26. The summed E-state index contributed by atoms with van der Waals surface area (Å²) in [7, 11) is 0. The molecule has 0 spiro atoms. The second kappa shape index (κ2) is 5.05. The normalized spacial score (nSPS) is 14.0. The molecule has 0 saturated heterocycles. The van der Waals surface area contributed by atoms with E-state index in [4.69, 9.17) is 4.52 Å². The molecule has 1 amide bonds. The first-order valence-electron chi connectivity index (χ1n) is 6.66. The highest BCUT2D eigenvalue weighted by molar-refractivity contribution is 6.06. The fraction of sp³-hybridized carbons (Fsp3) is 0.267. The van der Waals surface area contributed by atoms with Crippen LogP contribution in [0.25, 0.3) is 0 Å². The van der Waals surface area contributed by atoms with Gasteiger partial charge in [0.2, 0.25) is 0 Å². The number of carboxylic acid groups (broad SMARTS) is 1. The number of nitrogens with zero attached hydrogens (tertiary/aromatic N) is 1. The van der Waals surface area contributed by atoms with Crippen molar-refractivity contribution in [3.8, 4) is 0 Å². The first kappa shape index (κ1) is 13.4. The van der Waals surface area contributed by atoms with Gasteiger partial charge in [-0.25, -0.2) is 4.79 Å². The van der Waals surface area contributed by atoms with Crippen molar-refractivity contribution in [1.82, 2.24) is 5.16 Å². The third-order valence-corrected chi connectivity index (χ3v) is 3.39. The van der Waals surface area contributed by atoms with Crippen molar-refractivity contribution in [2.24, 2.45) is 0 Å². The molecule has 108 valence electrons. The van der Waals surface area contributed by atoms with E-state index in [2.05, 4.69) is 10.5 Å². The topological polar surface area (TPSA) is 92.4 Å². The Morgan fingerprint density at radius 1 is 1.33 bits per heavy atom. The number of amides is 1. The molecule has 6 nitrogen and oxygen atoms in total. The highest BCUT2D eigenvalue weighted by atomic mass is 16.5. The summed E-state index contributed by atoms with van der Waals surface area (Å²) >= 11 is 0. The van der Waals surface area contributed by atoms with Gasteiger partial charge in [0.15, 0.2) is 5.69 Å². The fourth-order valence-corrected chi connectivity index (χ4v) is 2.09. The Morgan fingerprint density at radius 2 is 2.10 bits per heavy atom. The Kier molecular flexibility index (Phi) is 3.21. The van der Waals surface area contributed by atoms with E-state index in [0.717, 1.165) is 18.4 Å². The van der Waals surface area contributed by atoms with Gasteiger partial charge in [-0.1, -0.05) is 16.8 Å². The molecule has 1 heterocycles. The van der Waals surface area contributed by atoms with Gasteiger partial charge in [0.1, 0.15) is 5.76 Å². The van der Waals surface area contributed by atoms with Gasteiger partial charge in [-0.2, -0.15) is 0 Å². The molecule has 1 aromatic heterocycles. The van der Waals surface area contributed by atoms with Crippen molar-refractivity contribution in [2.45, 2.75) is 25.7 Å². The van der Waals surface area contributed by atoms with E-state index in [1.54, 1.807) is 25.1 Å². The summed E-state index contributed by atoms with van der Waals surface area (Å²) in [6, 6.07) is 6.43. The summed E-state index contributed by atoms with van der Waals surface area (Å²) in [6.45, 7) is 1.79. The highest BCUT2D eigenvalue weighted by Gasteiger charge is 2.29. The van der Waals surface area contributed by atoms with Crippen LogP contribution in [0.3, 0.4) is 0 Å². The molecule has 3 rings (SSSR count). The van der Waals surface area contributed by atoms with Crippen LogP contribution >= 0.6 is 0 Å². The molecule has 1 aliphatic rings. The molecular weight excluding hydrogens is 272 g/mol. The maximum Gasteiger partial charge on any atom is 0.337 e. The molecule has 6 heteroatoms. The number of rotatable bonds is 4. The van der Waals surface area contributed by atoms with E-state index in [0.29, 0.717) is 11.7 Å². The zero-order valence-corrected chi connectivity index (χ0v) is 11.4. The van der Waals surface area contributed by atoms with Crippen molar-refractivity contribution >= 4 is 17.6 Å². The lowest BCUT2D eigenvalue weighted by atomic mass is 10.1. The van der Waals surface area contributed by atoms with E-state index in [1.807, 2.05) is 0 Å². The third kappa shape index (κ3) is 2.79. The Bertz CT molecular complexity index is 716. The van der Waals surface area contributed by atoms with E-state index in [9.17, 15) is 14.7 Å².